The van der Waals surface area contributed by atoms with Crippen LogP contribution in [0.3, 0.4) is 0 Å². The molecule has 0 aliphatic carbocycles. The fourth-order valence-electron chi connectivity index (χ4n) is 2.19. The van der Waals surface area contributed by atoms with E-state index in [4.69, 9.17) is 11.6 Å². The lowest BCUT2D eigenvalue weighted by atomic mass is 9.97. The standard InChI is InChI=1S/C17H19ClFN/c1-3-10-20-17(13-6-4-12(2)5-7-13)15-11-14(18)8-9-16(15)19/h4-9,11,17,20H,3,10H2,1-2H3. The number of hydrogen-bond acceptors (Lipinski definition) is 1. The first-order valence-corrected chi connectivity index (χ1v) is 7.24. The summed E-state index contributed by atoms with van der Waals surface area (Å²) in [6.45, 7) is 4.95. The molecule has 0 aliphatic rings. The minimum atomic E-state index is -0.233. The Morgan fingerprint density at radius 1 is 1.15 bits per heavy atom. The van der Waals surface area contributed by atoms with Crippen LogP contribution in [0.2, 0.25) is 5.02 Å². The summed E-state index contributed by atoms with van der Waals surface area (Å²) in [7, 11) is 0. The summed E-state index contributed by atoms with van der Waals surface area (Å²) in [4.78, 5) is 0. The highest BCUT2D eigenvalue weighted by molar-refractivity contribution is 6.30. The molecule has 0 fully saturated rings. The SMILES string of the molecule is CCCNC(c1ccc(C)cc1)c1cc(Cl)ccc1F. The molecule has 0 aromatic heterocycles. The van der Waals surface area contributed by atoms with Gasteiger partial charge in [-0.1, -0.05) is 48.4 Å². The van der Waals surface area contributed by atoms with Crippen molar-refractivity contribution in [1.29, 1.82) is 0 Å². The molecule has 106 valence electrons. The molecule has 2 aromatic carbocycles. The molecule has 0 bridgehead atoms. The average Bonchev–Trinajstić information content (AvgIpc) is 2.44. The zero-order valence-corrected chi connectivity index (χ0v) is 12.5. The van der Waals surface area contributed by atoms with Crippen molar-refractivity contribution in [2.24, 2.45) is 0 Å². The highest BCUT2D eigenvalue weighted by Crippen LogP contribution is 2.27. The zero-order valence-electron chi connectivity index (χ0n) is 11.8. The maximum atomic E-state index is 14.1. The van der Waals surface area contributed by atoms with Gasteiger partial charge >= 0.3 is 0 Å². The normalized spacial score (nSPS) is 12.4. The van der Waals surface area contributed by atoms with Gasteiger partial charge in [0.1, 0.15) is 5.82 Å². The number of aryl methyl sites for hydroxylation is 1. The maximum absolute atomic E-state index is 14.1. The van der Waals surface area contributed by atoms with Crippen molar-refractivity contribution in [2.75, 3.05) is 6.54 Å². The van der Waals surface area contributed by atoms with Crippen LogP contribution in [0, 0.1) is 12.7 Å². The Kier molecular flexibility index (Phi) is 5.16. The molecule has 1 unspecified atom stereocenters. The lowest BCUT2D eigenvalue weighted by molar-refractivity contribution is 0.547. The van der Waals surface area contributed by atoms with Crippen LogP contribution in [0.1, 0.15) is 36.1 Å². The number of nitrogens with one attached hydrogen (secondary N) is 1. The van der Waals surface area contributed by atoms with Gasteiger partial charge in [0.25, 0.3) is 0 Å². The second-order valence-corrected chi connectivity index (χ2v) is 5.40. The van der Waals surface area contributed by atoms with Gasteiger partial charge in [0, 0.05) is 10.6 Å². The molecule has 1 N–H and O–H groups in total. The van der Waals surface area contributed by atoms with Crippen molar-refractivity contribution in [3.8, 4) is 0 Å². The van der Waals surface area contributed by atoms with E-state index < -0.39 is 0 Å². The van der Waals surface area contributed by atoms with Gasteiger partial charge in [0.2, 0.25) is 0 Å². The predicted octanol–water partition coefficient (Wildman–Crippen LogP) is 4.88. The van der Waals surface area contributed by atoms with Gasteiger partial charge in [-0.3, -0.25) is 0 Å². The molecule has 1 atom stereocenters. The third kappa shape index (κ3) is 3.59. The van der Waals surface area contributed by atoms with Gasteiger partial charge < -0.3 is 5.32 Å². The van der Waals surface area contributed by atoms with Gasteiger partial charge in [-0.05, 0) is 43.7 Å². The third-order valence-electron chi connectivity index (χ3n) is 3.28. The van der Waals surface area contributed by atoms with Crippen LogP contribution in [-0.2, 0) is 0 Å². The molecule has 0 saturated heterocycles. The minimum absolute atomic E-state index is 0.172. The topological polar surface area (TPSA) is 12.0 Å². The lowest BCUT2D eigenvalue weighted by Gasteiger charge is -2.20. The highest BCUT2D eigenvalue weighted by Gasteiger charge is 2.17. The number of benzene rings is 2. The van der Waals surface area contributed by atoms with E-state index in [2.05, 4.69) is 12.2 Å². The van der Waals surface area contributed by atoms with Crippen LogP contribution in [0.5, 0.6) is 0 Å². The van der Waals surface area contributed by atoms with Gasteiger partial charge in [0.15, 0.2) is 0 Å². The van der Waals surface area contributed by atoms with Gasteiger partial charge in [-0.15, -0.1) is 0 Å². The Morgan fingerprint density at radius 2 is 1.85 bits per heavy atom. The second kappa shape index (κ2) is 6.87. The van der Waals surface area contributed by atoms with E-state index in [-0.39, 0.29) is 11.9 Å². The van der Waals surface area contributed by atoms with E-state index >= 15 is 0 Å². The molecule has 0 radical (unpaired) electrons. The van der Waals surface area contributed by atoms with Gasteiger partial charge in [-0.2, -0.15) is 0 Å². The Labute approximate surface area is 124 Å². The molecular formula is C17H19ClFN. The molecule has 3 heteroatoms. The molecule has 0 spiro atoms. The Morgan fingerprint density at radius 3 is 2.50 bits per heavy atom. The van der Waals surface area contributed by atoms with Crippen molar-refractivity contribution >= 4 is 11.6 Å². The summed E-state index contributed by atoms with van der Waals surface area (Å²) in [5, 5.41) is 3.94. The van der Waals surface area contributed by atoms with Crippen LogP contribution in [0.4, 0.5) is 4.39 Å². The molecule has 2 aromatic rings. The fourth-order valence-corrected chi connectivity index (χ4v) is 2.37. The average molecular weight is 292 g/mol. The summed E-state index contributed by atoms with van der Waals surface area (Å²) in [5.74, 6) is -0.233. The largest absolute Gasteiger partial charge is 0.306 e. The molecule has 0 saturated carbocycles. The van der Waals surface area contributed by atoms with E-state index in [1.807, 2.05) is 31.2 Å². The first kappa shape index (κ1) is 15.0. The van der Waals surface area contributed by atoms with Crippen LogP contribution in [0.25, 0.3) is 0 Å². The summed E-state index contributed by atoms with van der Waals surface area (Å²) in [5.41, 5.74) is 2.83. The van der Waals surface area contributed by atoms with Gasteiger partial charge in [0.05, 0.1) is 6.04 Å². The van der Waals surface area contributed by atoms with Crippen molar-refractivity contribution in [3.63, 3.8) is 0 Å². The van der Waals surface area contributed by atoms with Crippen LogP contribution in [-0.4, -0.2) is 6.54 Å². The van der Waals surface area contributed by atoms with Crippen LogP contribution >= 0.6 is 11.6 Å². The van der Waals surface area contributed by atoms with Crippen LogP contribution < -0.4 is 5.32 Å². The lowest BCUT2D eigenvalue weighted by Crippen LogP contribution is -2.24. The molecule has 0 amide bonds. The monoisotopic (exact) mass is 291 g/mol. The second-order valence-electron chi connectivity index (χ2n) is 4.96. The van der Waals surface area contributed by atoms with Crippen LogP contribution in [0.15, 0.2) is 42.5 Å². The van der Waals surface area contributed by atoms with E-state index in [0.29, 0.717) is 10.6 Å². The summed E-state index contributed by atoms with van der Waals surface area (Å²) < 4.78 is 14.1. The Bertz CT molecular complexity index is 566. The third-order valence-corrected chi connectivity index (χ3v) is 3.51. The molecular weight excluding hydrogens is 273 g/mol. The number of rotatable bonds is 5. The predicted molar refractivity (Wildman–Crippen MR) is 82.7 cm³/mol. The molecule has 2 rings (SSSR count). The molecule has 1 nitrogen and oxygen atoms in total. The van der Waals surface area contributed by atoms with Gasteiger partial charge in [-0.25, -0.2) is 4.39 Å². The minimum Gasteiger partial charge on any atom is -0.306 e. The van der Waals surface area contributed by atoms with Crippen molar-refractivity contribution in [3.05, 3.63) is 70.0 Å². The Balaban J connectivity index is 2.41. The summed E-state index contributed by atoms with van der Waals surface area (Å²) >= 11 is 6.01. The maximum Gasteiger partial charge on any atom is 0.128 e. The van der Waals surface area contributed by atoms with E-state index in [1.165, 1.54) is 11.6 Å². The first-order chi connectivity index (χ1) is 9.61. The van der Waals surface area contributed by atoms with Crippen molar-refractivity contribution in [2.45, 2.75) is 26.3 Å². The van der Waals surface area contributed by atoms with Crippen molar-refractivity contribution in [1.82, 2.24) is 5.32 Å². The Hall–Kier alpha value is -1.38. The smallest absolute Gasteiger partial charge is 0.128 e. The fraction of sp³-hybridized carbons (Fsp3) is 0.294. The first-order valence-electron chi connectivity index (χ1n) is 6.86. The van der Waals surface area contributed by atoms with E-state index in [9.17, 15) is 4.39 Å². The summed E-state index contributed by atoms with van der Waals surface area (Å²) in [6, 6.07) is 12.7. The molecule has 0 heterocycles. The summed E-state index contributed by atoms with van der Waals surface area (Å²) in [6.07, 6.45) is 0.991. The highest BCUT2D eigenvalue weighted by atomic mass is 35.5. The number of hydrogen-bond donors (Lipinski definition) is 1. The van der Waals surface area contributed by atoms with E-state index in [1.54, 1.807) is 12.1 Å². The van der Waals surface area contributed by atoms with E-state index in [0.717, 1.165) is 18.5 Å². The molecule has 0 aliphatic heterocycles. The molecule has 20 heavy (non-hydrogen) atoms. The van der Waals surface area contributed by atoms with Crippen molar-refractivity contribution < 1.29 is 4.39 Å². The quantitative estimate of drug-likeness (QED) is 0.828. The zero-order chi connectivity index (χ0) is 14.5. The number of halogens is 2.